The standard InChI is InChI=1S/C16H17N5OS/c1-2-14(15-4-3-9-23-15)18-16(22)13-7-5-12(6-8-13)10-21-11-17-19-20-21/h3-9,11,14H,2,10H2,1H3,(H,18,22)/t14-/m0/s1. The molecule has 0 aliphatic carbocycles. The van der Waals surface area contributed by atoms with Crippen molar-refractivity contribution < 1.29 is 4.79 Å². The fourth-order valence-electron chi connectivity index (χ4n) is 2.31. The van der Waals surface area contributed by atoms with E-state index in [1.165, 1.54) is 4.88 Å². The number of nitrogens with one attached hydrogen (secondary N) is 1. The maximum Gasteiger partial charge on any atom is 0.251 e. The van der Waals surface area contributed by atoms with Crippen LogP contribution < -0.4 is 5.32 Å². The van der Waals surface area contributed by atoms with Gasteiger partial charge < -0.3 is 5.32 Å². The lowest BCUT2D eigenvalue weighted by molar-refractivity contribution is 0.0936. The Labute approximate surface area is 138 Å². The minimum Gasteiger partial charge on any atom is -0.344 e. The van der Waals surface area contributed by atoms with Gasteiger partial charge in [-0.25, -0.2) is 4.68 Å². The molecule has 1 atom stereocenters. The number of carbonyl (C=O) groups is 1. The minimum absolute atomic E-state index is 0.0563. The number of rotatable bonds is 6. The number of tetrazole rings is 1. The van der Waals surface area contributed by atoms with Crippen LogP contribution in [0.25, 0.3) is 0 Å². The van der Waals surface area contributed by atoms with Crippen molar-refractivity contribution in [2.75, 3.05) is 0 Å². The Bertz CT molecular complexity index is 737. The quantitative estimate of drug-likeness (QED) is 0.755. The summed E-state index contributed by atoms with van der Waals surface area (Å²) < 4.78 is 1.64. The molecule has 118 valence electrons. The van der Waals surface area contributed by atoms with E-state index in [2.05, 4.69) is 27.8 Å². The van der Waals surface area contributed by atoms with Gasteiger partial charge in [0.05, 0.1) is 12.6 Å². The third kappa shape index (κ3) is 3.81. The Balaban J connectivity index is 1.65. The van der Waals surface area contributed by atoms with Crippen molar-refractivity contribution in [3.05, 3.63) is 64.1 Å². The summed E-state index contributed by atoms with van der Waals surface area (Å²) in [6.45, 7) is 2.65. The first-order valence-corrected chi connectivity index (χ1v) is 8.28. The van der Waals surface area contributed by atoms with Crippen LogP contribution in [0.4, 0.5) is 0 Å². The summed E-state index contributed by atoms with van der Waals surface area (Å²) in [6, 6.07) is 11.6. The monoisotopic (exact) mass is 327 g/mol. The van der Waals surface area contributed by atoms with E-state index in [1.807, 2.05) is 41.8 Å². The lowest BCUT2D eigenvalue weighted by Gasteiger charge is -2.15. The highest BCUT2D eigenvalue weighted by molar-refractivity contribution is 7.10. The first-order chi connectivity index (χ1) is 11.3. The normalized spacial score (nSPS) is 12.0. The van der Waals surface area contributed by atoms with Crippen molar-refractivity contribution in [2.24, 2.45) is 0 Å². The molecule has 1 amide bonds. The molecule has 0 saturated carbocycles. The van der Waals surface area contributed by atoms with Gasteiger partial charge in [-0.2, -0.15) is 0 Å². The van der Waals surface area contributed by atoms with Crippen LogP contribution in [-0.2, 0) is 6.54 Å². The molecule has 6 nitrogen and oxygen atoms in total. The van der Waals surface area contributed by atoms with Crippen molar-refractivity contribution in [2.45, 2.75) is 25.9 Å². The maximum absolute atomic E-state index is 12.4. The van der Waals surface area contributed by atoms with Gasteiger partial charge in [0, 0.05) is 10.4 Å². The summed E-state index contributed by atoms with van der Waals surface area (Å²) >= 11 is 1.66. The van der Waals surface area contributed by atoms with Gasteiger partial charge in [0.25, 0.3) is 5.91 Å². The predicted octanol–water partition coefficient (Wildman–Crippen LogP) is 2.66. The zero-order valence-corrected chi connectivity index (χ0v) is 13.5. The maximum atomic E-state index is 12.4. The van der Waals surface area contributed by atoms with Crippen molar-refractivity contribution >= 4 is 17.2 Å². The topological polar surface area (TPSA) is 72.7 Å². The smallest absolute Gasteiger partial charge is 0.251 e. The molecule has 7 heteroatoms. The minimum atomic E-state index is -0.0563. The van der Waals surface area contributed by atoms with Crippen molar-refractivity contribution in [3.63, 3.8) is 0 Å². The van der Waals surface area contributed by atoms with Crippen molar-refractivity contribution in [1.82, 2.24) is 25.5 Å². The highest BCUT2D eigenvalue weighted by Crippen LogP contribution is 2.22. The molecular formula is C16H17N5OS. The first kappa shape index (κ1) is 15.4. The van der Waals surface area contributed by atoms with E-state index in [0.717, 1.165) is 12.0 Å². The van der Waals surface area contributed by atoms with E-state index in [4.69, 9.17) is 0 Å². The molecule has 1 aromatic carbocycles. The molecule has 0 aliphatic heterocycles. The molecule has 0 saturated heterocycles. The van der Waals surface area contributed by atoms with Crippen LogP contribution in [0, 0.1) is 0 Å². The Morgan fingerprint density at radius 1 is 1.30 bits per heavy atom. The number of hydrogen-bond donors (Lipinski definition) is 1. The fourth-order valence-corrected chi connectivity index (χ4v) is 3.17. The molecule has 23 heavy (non-hydrogen) atoms. The fraction of sp³-hybridized carbons (Fsp3) is 0.250. The lowest BCUT2D eigenvalue weighted by atomic mass is 10.1. The van der Waals surface area contributed by atoms with Crippen LogP contribution in [0.2, 0.25) is 0 Å². The summed E-state index contributed by atoms with van der Waals surface area (Å²) in [5.41, 5.74) is 1.69. The third-order valence-electron chi connectivity index (χ3n) is 3.55. The van der Waals surface area contributed by atoms with Gasteiger partial charge in [-0.1, -0.05) is 25.1 Å². The molecule has 0 bridgehead atoms. The highest BCUT2D eigenvalue weighted by Gasteiger charge is 2.14. The Hall–Kier alpha value is -2.54. The van der Waals surface area contributed by atoms with Crippen LogP contribution in [-0.4, -0.2) is 26.1 Å². The zero-order valence-electron chi connectivity index (χ0n) is 12.7. The second kappa shape index (κ2) is 7.15. The van der Waals surface area contributed by atoms with Gasteiger partial charge in [-0.3, -0.25) is 4.79 Å². The van der Waals surface area contributed by atoms with Gasteiger partial charge in [-0.05, 0) is 46.0 Å². The Kier molecular flexibility index (Phi) is 4.77. The molecule has 2 heterocycles. The second-order valence-corrected chi connectivity index (χ2v) is 6.13. The number of hydrogen-bond acceptors (Lipinski definition) is 5. The number of benzene rings is 1. The summed E-state index contributed by atoms with van der Waals surface area (Å²) in [5.74, 6) is -0.0563. The zero-order chi connectivity index (χ0) is 16.1. The third-order valence-corrected chi connectivity index (χ3v) is 4.54. The molecule has 0 fully saturated rings. The molecule has 3 rings (SSSR count). The lowest BCUT2D eigenvalue weighted by Crippen LogP contribution is -2.27. The molecular weight excluding hydrogens is 310 g/mol. The van der Waals surface area contributed by atoms with Gasteiger partial charge >= 0.3 is 0 Å². The number of amides is 1. The van der Waals surface area contributed by atoms with Crippen molar-refractivity contribution in [3.8, 4) is 0 Å². The average molecular weight is 327 g/mol. The van der Waals surface area contributed by atoms with E-state index >= 15 is 0 Å². The van der Waals surface area contributed by atoms with Crippen LogP contribution in [0.1, 0.15) is 40.2 Å². The summed E-state index contributed by atoms with van der Waals surface area (Å²) in [4.78, 5) is 13.6. The largest absolute Gasteiger partial charge is 0.344 e. The van der Waals surface area contributed by atoms with Crippen LogP contribution in [0.5, 0.6) is 0 Å². The molecule has 0 unspecified atom stereocenters. The van der Waals surface area contributed by atoms with E-state index in [1.54, 1.807) is 22.3 Å². The van der Waals surface area contributed by atoms with Gasteiger partial charge in [0.2, 0.25) is 0 Å². The summed E-state index contributed by atoms with van der Waals surface area (Å²) in [7, 11) is 0. The Morgan fingerprint density at radius 2 is 2.13 bits per heavy atom. The molecule has 2 aromatic heterocycles. The van der Waals surface area contributed by atoms with Gasteiger partial charge in [0.15, 0.2) is 0 Å². The first-order valence-electron chi connectivity index (χ1n) is 7.40. The average Bonchev–Trinajstić information content (AvgIpc) is 3.26. The Morgan fingerprint density at radius 3 is 2.74 bits per heavy atom. The van der Waals surface area contributed by atoms with E-state index in [9.17, 15) is 4.79 Å². The molecule has 3 aromatic rings. The second-order valence-electron chi connectivity index (χ2n) is 5.15. The van der Waals surface area contributed by atoms with Gasteiger partial charge in [0.1, 0.15) is 6.33 Å². The molecule has 0 spiro atoms. The number of nitrogens with zero attached hydrogens (tertiary/aromatic N) is 4. The van der Waals surface area contributed by atoms with Crippen molar-refractivity contribution in [1.29, 1.82) is 0 Å². The van der Waals surface area contributed by atoms with Gasteiger partial charge in [-0.15, -0.1) is 16.4 Å². The highest BCUT2D eigenvalue weighted by atomic mass is 32.1. The van der Waals surface area contributed by atoms with Crippen LogP contribution in [0.3, 0.4) is 0 Å². The predicted molar refractivity (Wildman–Crippen MR) is 88.2 cm³/mol. The SMILES string of the molecule is CC[C@H](NC(=O)c1ccc(Cn2cnnn2)cc1)c1cccs1. The van der Waals surface area contributed by atoms with E-state index in [0.29, 0.717) is 12.1 Å². The molecule has 0 aliphatic rings. The van der Waals surface area contributed by atoms with Crippen LogP contribution >= 0.6 is 11.3 Å². The molecule has 0 radical (unpaired) electrons. The summed E-state index contributed by atoms with van der Waals surface area (Å²) in [5, 5.41) is 16.1. The summed E-state index contributed by atoms with van der Waals surface area (Å²) in [6.07, 6.45) is 2.43. The number of carbonyl (C=O) groups excluding carboxylic acids is 1. The number of aromatic nitrogens is 4. The van der Waals surface area contributed by atoms with Crippen LogP contribution in [0.15, 0.2) is 48.1 Å². The van der Waals surface area contributed by atoms with E-state index < -0.39 is 0 Å². The van der Waals surface area contributed by atoms with E-state index in [-0.39, 0.29) is 11.9 Å². The number of thiophene rings is 1. The molecule has 1 N–H and O–H groups in total.